The first-order valence-corrected chi connectivity index (χ1v) is 7.40. The van der Waals surface area contributed by atoms with Crippen molar-refractivity contribution >= 4 is 5.91 Å². The molecule has 2 N–H and O–H groups in total. The highest BCUT2D eigenvalue weighted by molar-refractivity contribution is 5.82. The van der Waals surface area contributed by atoms with Crippen LogP contribution in [0.25, 0.3) is 0 Å². The summed E-state index contributed by atoms with van der Waals surface area (Å²) in [5.41, 5.74) is 1.25. The number of carbonyl (C=O) groups is 1. The summed E-state index contributed by atoms with van der Waals surface area (Å²) in [7, 11) is 0. The molecular weight excluding hydrogens is 252 g/mol. The molecule has 2 unspecified atom stereocenters. The number of nitrogens with zero attached hydrogens (tertiary/aromatic N) is 1. The number of hydrogen-bond donors (Lipinski definition) is 2. The van der Waals surface area contributed by atoms with Crippen LogP contribution in [-0.4, -0.2) is 41.1 Å². The first-order valence-electron chi connectivity index (χ1n) is 7.40. The third-order valence-corrected chi connectivity index (χ3v) is 3.76. The second-order valence-electron chi connectivity index (χ2n) is 5.54. The number of aliphatic hydroxyl groups is 1. The summed E-state index contributed by atoms with van der Waals surface area (Å²) in [4.78, 5) is 14.4. The monoisotopic (exact) mass is 276 g/mol. The van der Waals surface area contributed by atoms with Crippen molar-refractivity contribution in [1.82, 2.24) is 10.2 Å². The number of likely N-dealkylation sites (tertiary alicyclic amines) is 1. The molecule has 0 spiro atoms. The Bertz CT molecular complexity index is 420. The SMILES string of the molecule is CC(O)CCNC(=O)C1CCCN1Cc1ccccc1. The molecule has 20 heavy (non-hydrogen) atoms. The van der Waals surface area contributed by atoms with Gasteiger partial charge in [0.1, 0.15) is 0 Å². The number of benzene rings is 1. The van der Waals surface area contributed by atoms with Crippen molar-refractivity contribution in [2.24, 2.45) is 0 Å². The van der Waals surface area contributed by atoms with E-state index in [1.165, 1.54) is 5.56 Å². The zero-order valence-electron chi connectivity index (χ0n) is 12.1. The van der Waals surface area contributed by atoms with Gasteiger partial charge >= 0.3 is 0 Å². The van der Waals surface area contributed by atoms with Crippen LogP contribution in [0.2, 0.25) is 0 Å². The van der Waals surface area contributed by atoms with Gasteiger partial charge in [-0.3, -0.25) is 9.69 Å². The Hall–Kier alpha value is -1.39. The second-order valence-corrected chi connectivity index (χ2v) is 5.54. The molecule has 0 aromatic heterocycles. The van der Waals surface area contributed by atoms with Gasteiger partial charge in [-0.2, -0.15) is 0 Å². The molecule has 1 heterocycles. The zero-order chi connectivity index (χ0) is 14.4. The lowest BCUT2D eigenvalue weighted by molar-refractivity contribution is -0.125. The molecule has 1 saturated heterocycles. The number of aliphatic hydroxyl groups excluding tert-OH is 1. The van der Waals surface area contributed by atoms with Crippen LogP contribution in [0.3, 0.4) is 0 Å². The van der Waals surface area contributed by atoms with Crippen LogP contribution in [0.15, 0.2) is 30.3 Å². The van der Waals surface area contributed by atoms with Gasteiger partial charge in [0.15, 0.2) is 0 Å². The molecule has 4 heteroatoms. The lowest BCUT2D eigenvalue weighted by Crippen LogP contribution is -2.43. The predicted molar refractivity (Wildman–Crippen MR) is 79.2 cm³/mol. The van der Waals surface area contributed by atoms with Crippen LogP contribution >= 0.6 is 0 Å². The summed E-state index contributed by atoms with van der Waals surface area (Å²) in [5, 5.41) is 12.1. The highest BCUT2D eigenvalue weighted by Gasteiger charge is 2.30. The number of rotatable bonds is 6. The molecule has 1 aliphatic heterocycles. The lowest BCUT2D eigenvalue weighted by Gasteiger charge is -2.23. The minimum Gasteiger partial charge on any atom is -0.393 e. The van der Waals surface area contributed by atoms with Crippen LogP contribution in [0.1, 0.15) is 31.7 Å². The normalized spacial score (nSPS) is 20.8. The maximum absolute atomic E-state index is 12.2. The van der Waals surface area contributed by atoms with Gasteiger partial charge in [-0.25, -0.2) is 0 Å². The highest BCUT2D eigenvalue weighted by Crippen LogP contribution is 2.20. The van der Waals surface area contributed by atoms with E-state index in [1.807, 2.05) is 18.2 Å². The van der Waals surface area contributed by atoms with Crippen LogP contribution in [-0.2, 0) is 11.3 Å². The standard InChI is InChI=1S/C16H24N2O2/c1-13(19)9-10-17-16(20)15-8-5-11-18(15)12-14-6-3-2-4-7-14/h2-4,6-7,13,15,19H,5,8-12H2,1H3,(H,17,20). The van der Waals surface area contributed by atoms with E-state index < -0.39 is 0 Å². The predicted octanol–water partition coefficient (Wildman–Crippen LogP) is 1.54. The molecule has 1 aliphatic rings. The summed E-state index contributed by atoms with van der Waals surface area (Å²) in [6.07, 6.45) is 2.24. The fraction of sp³-hybridized carbons (Fsp3) is 0.562. The van der Waals surface area contributed by atoms with Crippen molar-refractivity contribution in [3.8, 4) is 0 Å². The molecule has 1 fully saturated rings. The second kappa shape index (κ2) is 7.41. The van der Waals surface area contributed by atoms with Crippen LogP contribution < -0.4 is 5.32 Å². The number of hydrogen-bond acceptors (Lipinski definition) is 3. The summed E-state index contributed by atoms with van der Waals surface area (Å²) in [5.74, 6) is 0.0964. The Morgan fingerprint density at radius 1 is 1.45 bits per heavy atom. The van der Waals surface area contributed by atoms with Crippen molar-refractivity contribution in [3.05, 3.63) is 35.9 Å². The van der Waals surface area contributed by atoms with Crippen molar-refractivity contribution in [2.45, 2.75) is 44.9 Å². The third-order valence-electron chi connectivity index (χ3n) is 3.76. The largest absolute Gasteiger partial charge is 0.393 e. The molecule has 1 amide bonds. The average molecular weight is 276 g/mol. The Morgan fingerprint density at radius 2 is 2.20 bits per heavy atom. The van der Waals surface area contributed by atoms with Gasteiger partial charge in [0, 0.05) is 13.1 Å². The van der Waals surface area contributed by atoms with Gasteiger partial charge in [-0.1, -0.05) is 30.3 Å². The highest BCUT2D eigenvalue weighted by atomic mass is 16.3. The van der Waals surface area contributed by atoms with Crippen molar-refractivity contribution in [3.63, 3.8) is 0 Å². The Morgan fingerprint density at radius 3 is 2.90 bits per heavy atom. The molecular formula is C16H24N2O2. The van der Waals surface area contributed by atoms with Crippen LogP contribution in [0, 0.1) is 0 Å². The maximum Gasteiger partial charge on any atom is 0.237 e. The van der Waals surface area contributed by atoms with E-state index in [-0.39, 0.29) is 18.1 Å². The topological polar surface area (TPSA) is 52.6 Å². The van der Waals surface area contributed by atoms with E-state index in [0.717, 1.165) is 25.9 Å². The maximum atomic E-state index is 12.2. The van der Waals surface area contributed by atoms with E-state index in [1.54, 1.807) is 6.92 Å². The van der Waals surface area contributed by atoms with Gasteiger partial charge < -0.3 is 10.4 Å². The van der Waals surface area contributed by atoms with Crippen LogP contribution in [0.4, 0.5) is 0 Å². The smallest absolute Gasteiger partial charge is 0.237 e. The van der Waals surface area contributed by atoms with E-state index in [4.69, 9.17) is 0 Å². The fourth-order valence-corrected chi connectivity index (χ4v) is 2.65. The third kappa shape index (κ3) is 4.32. The molecule has 110 valence electrons. The van der Waals surface area contributed by atoms with E-state index >= 15 is 0 Å². The Kier molecular flexibility index (Phi) is 5.56. The van der Waals surface area contributed by atoms with Crippen molar-refractivity contribution in [2.75, 3.05) is 13.1 Å². The summed E-state index contributed by atoms with van der Waals surface area (Å²) >= 11 is 0. The number of amides is 1. The van der Waals surface area contributed by atoms with Gasteiger partial charge in [0.05, 0.1) is 12.1 Å². The molecule has 0 saturated carbocycles. The van der Waals surface area contributed by atoms with Gasteiger partial charge in [-0.15, -0.1) is 0 Å². The van der Waals surface area contributed by atoms with Gasteiger partial charge in [-0.05, 0) is 38.3 Å². The fourth-order valence-electron chi connectivity index (χ4n) is 2.65. The average Bonchev–Trinajstić information content (AvgIpc) is 2.87. The molecule has 1 aromatic carbocycles. The quantitative estimate of drug-likeness (QED) is 0.828. The van der Waals surface area contributed by atoms with Crippen molar-refractivity contribution in [1.29, 1.82) is 0 Å². The molecule has 2 rings (SSSR count). The van der Waals surface area contributed by atoms with E-state index in [0.29, 0.717) is 13.0 Å². The number of carbonyl (C=O) groups excluding carboxylic acids is 1. The zero-order valence-corrected chi connectivity index (χ0v) is 12.1. The van der Waals surface area contributed by atoms with Gasteiger partial charge in [0.25, 0.3) is 0 Å². The molecule has 0 bridgehead atoms. The number of nitrogens with one attached hydrogen (secondary N) is 1. The van der Waals surface area contributed by atoms with Crippen molar-refractivity contribution < 1.29 is 9.90 Å². The molecule has 2 atom stereocenters. The summed E-state index contributed by atoms with van der Waals surface area (Å²) in [6, 6.07) is 10.2. The molecule has 4 nitrogen and oxygen atoms in total. The first kappa shape index (κ1) is 15.0. The summed E-state index contributed by atoms with van der Waals surface area (Å²) in [6.45, 7) is 4.09. The summed E-state index contributed by atoms with van der Waals surface area (Å²) < 4.78 is 0. The lowest BCUT2D eigenvalue weighted by atomic mass is 10.1. The van der Waals surface area contributed by atoms with E-state index in [9.17, 15) is 9.90 Å². The Balaban J connectivity index is 1.85. The molecule has 0 radical (unpaired) electrons. The van der Waals surface area contributed by atoms with Gasteiger partial charge in [0.2, 0.25) is 5.91 Å². The minimum atomic E-state index is -0.362. The van der Waals surface area contributed by atoms with E-state index in [2.05, 4.69) is 22.3 Å². The molecule has 0 aliphatic carbocycles. The first-order chi connectivity index (χ1) is 9.66. The molecule has 1 aromatic rings. The minimum absolute atomic E-state index is 0.0239. The Labute approximate surface area is 120 Å². The van der Waals surface area contributed by atoms with Crippen LogP contribution in [0.5, 0.6) is 0 Å².